The molecule has 0 spiro atoms. The van der Waals surface area contributed by atoms with Crippen molar-refractivity contribution in [3.8, 4) is 11.3 Å². The molecule has 0 aliphatic rings. The van der Waals surface area contributed by atoms with Gasteiger partial charge in [-0.25, -0.2) is 4.39 Å². The number of fused-ring (bicyclic) bond motifs is 3. The van der Waals surface area contributed by atoms with Crippen LogP contribution in [-0.4, -0.2) is 4.98 Å². The molecule has 4 rings (SSSR count). The molecule has 2 heterocycles. The molecule has 0 amide bonds. The van der Waals surface area contributed by atoms with Gasteiger partial charge in [-0.15, -0.1) is 0 Å². The van der Waals surface area contributed by atoms with E-state index in [4.69, 9.17) is 4.42 Å². The van der Waals surface area contributed by atoms with Crippen molar-refractivity contribution in [2.75, 3.05) is 0 Å². The maximum atomic E-state index is 13.0. The summed E-state index contributed by atoms with van der Waals surface area (Å²) in [6, 6.07) is 16.9. The summed E-state index contributed by atoms with van der Waals surface area (Å²) < 4.78 is 18.9. The van der Waals surface area contributed by atoms with Crippen LogP contribution in [0.25, 0.3) is 33.2 Å². The van der Waals surface area contributed by atoms with E-state index < -0.39 is 0 Å². The molecule has 0 aliphatic carbocycles. The third kappa shape index (κ3) is 1.60. The van der Waals surface area contributed by atoms with Crippen LogP contribution in [0.4, 0.5) is 4.39 Å². The van der Waals surface area contributed by atoms with Crippen LogP contribution in [0.2, 0.25) is 0 Å². The molecule has 0 saturated carbocycles. The highest BCUT2D eigenvalue weighted by molar-refractivity contribution is 6.09. The molecule has 20 heavy (non-hydrogen) atoms. The van der Waals surface area contributed by atoms with Gasteiger partial charge in [-0.3, -0.25) is 4.98 Å². The zero-order valence-electron chi connectivity index (χ0n) is 10.5. The fourth-order valence-electron chi connectivity index (χ4n) is 2.48. The third-order valence-electron chi connectivity index (χ3n) is 3.41. The highest BCUT2D eigenvalue weighted by Crippen LogP contribution is 2.34. The maximum absolute atomic E-state index is 13.0. The van der Waals surface area contributed by atoms with Crippen LogP contribution in [0.15, 0.2) is 65.2 Å². The second-order valence-corrected chi connectivity index (χ2v) is 4.64. The van der Waals surface area contributed by atoms with E-state index in [-0.39, 0.29) is 5.82 Å². The quantitative estimate of drug-likeness (QED) is 0.493. The van der Waals surface area contributed by atoms with Gasteiger partial charge in [0.05, 0.1) is 11.9 Å². The minimum absolute atomic E-state index is 0.342. The van der Waals surface area contributed by atoms with Gasteiger partial charge >= 0.3 is 0 Å². The Labute approximate surface area is 114 Å². The summed E-state index contributed by atoms with van der Waals surface area (Å²) in [5.41, 5.74) is 3.21. The average molecular weight is 263 g/mol. The number of benzene rings is 2. The van der Waals surface area contributed by atoms with E-state index in [2.05, 4.69) is 4.98 Å². The zero-order valence-corrected chi connectivity index (χ0v) is 10.5. The molecule has 0 atom stereocenters. The van der Waals surface area contributed by atoms with E-state index >= 15 is 0 Å². The van der Waals surface area contributed by atoms with Gasteiger partial charge in [0.15, 0.2) is 0 Å². The van der Waals surface area contributed by atoms with Crippen molar-refractivity contribution in [2.24, 2.45) is 0 Å². The third-order valence-corrected chi connectivity index (χ3v) is 3.41. The topological polar surface area (TPSA) is 26.0 Å². The molecule has 2 aromatic heterocycles. The molecule has 3 heteroatoms. The first-order valence-corrected chi connectivity index (χ1v) is 6.35. The molecule has 2 aromatic carbocycles. The maximum Gasteiger partial charge on any atom is 0.144 e. The van der Waals surface area contributed by atoms with Crippen molar-refractivity contribution in [1.82, 2.24) is 4.98 Å². The van der Waals surface area contributed by atoms with Crippen LogP contribution in [0.1, 0.15) is 0 Å². The SMILES string of the molecule is Fc1ccc(-c2cccc3c2oc2ccccc23)nc1. The number of hydrogen-bond acceptors (Lipinski definition) is 2. The zero-order chi connectivity index (χ0) is 13.5. The van der Waals surface area contributed by atoms with Crippen molar-refractivity contribution < 1.29 is 8.81 Å². The predicted molar refractivity (Wildman–Crippen MR) is 76.9 cm³/mol. The smallest absolute Gasteiger partial charge is 0.144 e. The minimum Gasteiger partial charge on any atom is -0.455 e. The Kier molecular flexibility index (Phi) is 2.33. The number of halogens is 1. The number of aromatic nitrogens is 1. The summed E-state index contributed by atoms with van der Waals surface area (Å²) in [7, 11) is 0. The van der Waals surface area contributed by atoms with Crippen molar-refractivity contribution in [3.05, 3.63) is 66.6 Å². The molecule has 2 nitrogen and oxygen atoms in total. The highest BCUT2D eigenvalue weighted by Gasteiger charge is 2.12. The predicted octanol–water partition coefficient (Wildman–Crippen LogP) is 4.79. The van der Waals surface area contributed by atoms with Crippen LogP contribution in [0.5, 0.6) is 0 Å². The fraction of sp³-hybridized carbons (Fsp3) is 0. The molecule has 0 bridgehead atoms. The van der Waals surface area contributed by atoms with Gasteiger partial charge in [0, 0.05) is 16.3 Å². The van der Waals surface area contributed by atoms with E-state index in [1.165, 1.54) is 12.3 Å². The van der Waals surface area contributed by atoms with Gasteiger partial charge in [-0.2, -0.15) is 0 Å². The lowest BCUT2D eigenvalue weighted by Gasteiger charge is -2.01. The summed E-state index contributed by atoms with van der Waals surface area (Å²) >= 11 is 0. The molecular weight excluding hydrogens is 253 g/mol. The molecule has 0 unspecified atom stereocenters. The Balaban J connectivity index is 2.07. The second-order valence-electron chi connectivity index (χ2n) is 4.64. The first-order chi connectivity index (χ1) is 9.83. The van der Waals surface area contributed by atoms with E-state index in [9.17, 15) is 4.39 Å². The van der Waals surface area contributed by atoms with Gasteiger partial charge in [-0.1, -0.05) is 30.3 Å². The number of pyridine rings is 1. The van der Waals surface area contributed by atoms with E-state index in [1.54, 1.807) is 6.07 Å². The number of hydrogen-bond donors (Lipinski definition) is 0. The van der Waals surface area contributed by atoms with Gasteiger partial charge in [0.2, 0.25) is 0 Å². The van der Waals surface area contributed by atoms with Crippen molar-refractivity contribution >= 4 is 21.9 Å². The van der Waals surface area contributed by atoms with Gasteiger partial charge in [0.25, 0.3) is 0 Å². The summed E-state index contributed by atoms with van der Waals surface area (Å²) in [5.74, 6) is -0.342. The Morgan fingerprint density at radius 2 is 1.70 bits per heavy atom. The molecule has 96 valence electrons. The lowest BCUT2D eigenvalue weighted by atomic mass is 10.1. The summed E-state index contributed by atoms with van der Waals surface area (Å²) in [6.45, 7) is 0. The molecule has 0 saturated heterocycles. The summed E-state index contributed by atoms with van der Waals surface area (Å²) in [4.78, 5) is 4.13. The lowest BCUT2D eigenvalue weighted by Crippen LogP contribution is -1.84. The molecule has 0 fully saturated rings. The van der Waals surface area contributed by atoms with E-state index in [0.29, 0.717) is 5.69 Å². The average Bonchev–Trinajstić information content (AvgIpc) is 2.87. The Bertz CT molecular complexity index is 909. The van der Waals surface area contributed by atoms with E-state index in [1.807, 2.05) is 42.5 Å². The number of para-hydroxylation sites is 2. The van der Waals surface area contributed by atoms with E-state index in [0.717, 1.165) is 27.5 Å². The van der Waals surface area contributed by atoms with Gasteiger partial charge in [0.1, 0.15) is 17.0 Å². The number of rotatable bonds is 1. The van der Waals surface area contributed by atoms with Crippen molar-refractivity contribution in [2.45, 2.75) is 0 Å². The normalized spacial score (nSPS) is 11.2. The van der Waals surface area contributed by atoms with Crippen molar-refractivity contribution in [1.29, 1.82) is 0 Å². The Hall–Kier alpha value is -2.68. The fourth-order valence-corrected chi connectivity index (χ4v) is 2.48. The van der Waals surface area contributed by atoms with Crippen LogP contribution < -0.4 is 0 Å². The monoisotopic (exact) mass is 263 g/mol. The lowest BCUT2D eigenvalue weighted by molar-refractivity contribution is 0.621. The molecule has 0 radical (unpaired) electrons. The first kappa shape index (κ1) is 11.2. The first-order valence-electron chi connectivity index (χ1n) is 6.35. The number of furan rings is 1. The van der Waals surface area contributed by atoms with Crippen LogP contribution >= 0.6 is 0 Å². The van der Waals surface area contributed by atoms with Gasteiger partial charge in [-0.05, 0) is 24.3 Å². The minimum atomic E-state index is -0.342. The molecular formula is C17H10FNO. The van der Waals surface area contributed by atoms with Gasteiger partial charge < -0.3 is 4.42 Å². The molecule has 0 aliphatic heterocycles. The molecule has 0 N–H and O–H groups in total. The standard InChI is InChI=1S/C17H10FNO/c18-11-8-9-15(19-10-11)14-6-3-5-13-12-4-1-2-7-16(12)20-17(13)14/h1-10H. The van der Waals surface area contributed by atoms with Crippen molar-refractivity contribution in [3.63, 3.8) is 0 Å². The van der Waals surface area contributed by atoms with Crippen LogP contribution in [0, 0.1) is 5.82 Å². The Morgan fingerprint density at radius 3 is 2.55 bits per heavy atom. The Morgan fingerprint density at radius 1 is 0.850 bits per heavy atom. The van der Waals surface area contributed by atoms with Crippen LogP contribution in [0.3, 0.4) is 0 Å². The highest BCUT2D eigenvalue weighted by atomic mass is 19.1. The van der Waals surface area contributed by atoms with Crippen LogP contribution in [-0.2, 0) is 0 Å². The largest absolute Gasteiger partial charge is 0.455 e. The second kappa shape index (κ2) is 4.17. The summed E-state index contributed by atoms with van der Waals surface area (Å²) in [5, 5.41) is 2.12. The number of nitrogens with zero attached hydrogens (tertiary/aromatic N) is 1. The summed E-state index contributed by atoms with van der Waals surface area (Å²) in [6.07, 6.45) is 1.22. The molecule has 4 aromatic rings.